The molecule has 0 saturated carbocycles. The Kier molecular flexibility index (Phi) is 6.17. The molecule has 1 N–H and O–H groups in total. The van der Waals surface area contributed by atoms with Crippen molar-refractivity contribution in [2.45, 2.75) is 19.0 Å². The number of hydrogen-bond donors (Lipinski definition) is 1. The van der Waals surface area contributed by atoms with Crippen LogP contribution >= 0.6 is 0 Å². The van der Waals surface area contributed by atoms with Crippen LogP contribution in [0.5, 0.6) is 0 Å². The second kappa shape index (κ2) is 8.13. The van der Waals surface area contributed by atoms with Gasteiger partial charge in [0.15, 0.2) is 0 Å². The molecule has 1 aromatic rings. The molecular formula is C17H18F4N2O2. The molecule has 2 rings (SSSR count). The number of nitrogens with one attached hydrogen (secondary N) is 1. The number of piperidine rings is 1. The van der Waals surface area contributed by atoms with E-state index < -0.39 is 17.9 Å². The number of rotatable bonds is 4. The van der Waals surface area contributed by atoms with Crippen LogP contribution in [0.1, 0.15) is 18.4 Å². The lowest BCUT2D eigenvalue weighted by Crippen LogP contribution is -2.46. The van der Waals surface area contributed by atoms with Crippen molar-refractivity contribution in [3.8, 4) is 0 Å². The predicted molar refractivity (Wildman–Crippen MR) is 83.8 cm³/mol. The third-order valence-electron chi connectivity index (χ3n) is 3.99. The van der Waals surface area contributed by atoms with Crippen LogP contribution in [0.4, 0.5) is 17.6 Å². The molecule has 25 heavy (non-hydrogen) atoms. The summed E-state index contributed by atoms with van der Waals surface area (Å²) in [4.78, 5) is 23.7. The van der Waals surface area contributed by atoms with Gasteiger partial charge in [0.2, 0.25) is 5.91 Å². The highest BCUT2D eigenvalue weighted by Crippen LogP contribution is 2.23. The first kappa shape index (κ1) is 19.0. The van der Waals surface area contributed by atoms with Crippen LogP contribution in [0.3, 0.4) is 0 Å². The van der Waals surface area contributed by atoms with E-state index in [0.29, 0.717) is 24.9 Å². The first-order chi connectivity index (χ1) is 11.8. The standard InChI is InChI=1S/C17H18F4N2O2/c18-14-3-1-2-12(10-14)4-5-15(24)22-11-13-6-8-23(9-7-13)16(25)17(19,20)21/h1-5,10,13H,6-9,11H2,(H,22,24)/b5-4+. The molecule has 2 amide bonds. The van der Waals surface area contributed by atoms with Gasteiger partial charge in [-0.05, 0) is 42.5 Å². The SMILES string of the molecule is O=C(/C=C/c1cccc(F)c1)NCC1CCN(C(=O)C(F)(F)F)CC1. The second-order valence-electron chi connectivity index (χ2n) is 5.87. The van der Waals surface area contributed by atoms with Crippen LogP contribution in [0, 0.1) is 11.7 Å². The summed E-state index contributed by atoms with van der Waals surface area (Å²) < 4.78 is 50.1. The Morgan fingerprint density at radius 1 is 1.24 bits per heavy atom. The van der Waals surface area contributed by atoms with Gasteiger partial charge in [-0.2, -0.15) is 13.2 Å². The number of halogens is 4. The Bertz CT molecular complexity index is 650. The number of nitrogens with zero attached hydrogens (tertiary/aromatic N) is 1. The van der Waals surface area contributed by atoms with Crippen LogP contribution in [0.2, 0.25) is 0 Å². The molecule has 0 aromatic heterocycles. The molecule has 0 radical (unpaired) electrons. The van der Waals surface area contributed by atoms with E-state index in [1.165, 1.54) is 30.4 Å². The lowest BCUT2D eigenvalue weighted by atomic mass is 9.96. The summed E-state index contributed by atoms with van der Waals surface area (Å²) in [6.07, 6.45) is -1.30. The van der Waals surface area contributed by atoms with Crippen molar-refractivity contribution >= 4 is 17.9 Å². The molecule has 1 fully saturated rings. The largest absolute Gasteiger partial charge is 0.471 e. The minimum Gasteiger partial charge on any atom is -0.352 e. The van der Waals surface area contributed by atoms with E-state index in [-0.39, 0.29) is 24.9 Å². The Morgan fingerprint density at radius 2 is 1.92 bits per heavy atom. The van der Waals surface area contributed by atoms with Crippen molar-refractivity contribution in [1.29, 1.82) is 0 Å². The highest BCUT2D eigenvalue weighted by Gasteiger charge is 2.43. The molecule has 0 aliphatic carbocycles. The van der Waals surface area contributed by atoms with E-state index in [2.05, 4.69) is 5.32 Å². The van der Waals surface area contributed by atoms with Gasteiger partial charge in [-0.1, -0.05) is 12.1 Å². The summed E-state index contributed by atoms with van der Waals surface area (Å²) in [5.41, 5.74) is 0.550. The number of carbonyl (C=O) groups is 2. The quantitative estimate of drug-likeness (QED) is 0.665. The molecular weight excluding hydrogens is 340 g/mol. The summed E-state index contributed by atoms with van der Waals surface area (Å²) in [5.74, 6) is -2.56. The smallest absolute Gasteiger partial charge is 0.352 e. The molecule has 1 heterocycles. The van der Waals surface area contributed by atoms with Gasteiger partial charge in [-0.3, -0.25) is 9.59 Å². The molecule has 136 valence electrons. The molecule has 1 aliphatic heterocycles. The van der Waals surface area contributed by atoms with Gasteiger partial charge in [0.25, 0.3) is 0 Å². The van der Waals surface area contributed by atoms with E-state index >= 15 is 0 Å². The fraction of sp³-hybridized carbons (Fsp3) is 0.412. The monoisotopic (exact) mass is 358 g/mol. The summed E-state index contributed by atoms with van der Waals surface area (Å²) in [6.45, 7) is 0.371. The highest BCUT2D eigenvalue weighted by atomic mass is 19.4. The Labute approximate surface area is 142 Å². The second-order valence-corrected chi connectivity index (χ2v) is 5.87. The normalized spacial score (nSPS) is 16.2. The third kappa shape index (κ3) is 5.88. The Morgan fingerprint density at radius 3 is 2.52 bits per heavy atom. The Balaban J connectivity index is 1.74. The highest BCUT2D eigenvalue weighted by molar-refractivity contribution is 5.91. The zero-order valence-electron chi connectivity index (χ0n) is 13.4. The van der Waals surface area contributed by atoms with E-state index in [9.17, 15) is 27.2 Å². The van der Waals surface area contributed by atoms with Crippen LogP contribution in [-0.4, -0.2) is 42.5 Å². The Hall–Kier alpha value is -2.38. The number of benzene rings is 1. The van der Waals surface area contributed by atoms with Crippen molar-refractivity contribution in [1.82, 2.24) is 10.2 Å². The van der Waals surface area contributed by atoms with Crippen LogP contribution in [0.25, 0.3) is 6.08 Å². The maximum Gasteiger partial charge on any atom is 0.471 e. The number of amides is 2. The van der Waals surface area contributed by atoms with Crippen molar-refractivity contribution in [2.24, 2.45) is 5.92 Å². The van der Waals surface area contributed by atoms with Crippen molar-refractivity contribution in [3.63, 3.8) is 0 Å². The first-order valence-corrected chi connectivity index (χ1v) is 7.83. The van der Waals surface area contributed by atoms with E-state index in [0.717, 1.165) is 4.90 Å². The maximum absolute atomic E-state index is 13.0. The predicted octanol–water partition coefficient (Wildman–Crippen LogP) is 2.76. The summed E-state index contributed by atoms with van der Waals surface area (Å²) in [6, 6.07) is 5.77. The maximum atomic E-state index is 13.0. The zero-order chi connectivity index (χ0) is 18.4. The molecule has 4 nitrogen and oxygen atoms in total. The van der Waals surface area contributed by atoms with E-state index in [1.807, 2.05) is 0 Å². The van der Waals surface area contributed by atoms with Gasteiger partial charge in [0.1, 0.15) is 5.82 Å². The summed E-state index contributed by atoms with van der Waals surface area (Å²) in [5, 5.41) is 2.67. The fourth-order valence-electron chi connectivity index (χ4n) is 2.61. The lowest BCUT2D eigenvalue weighted by molar-refractivity contribution is -0.186. The number of alkyl halides is 3. The molecule has 0 atom stereocenters. The van der Waals surface area contributed by atoms with Gasteiger partial charge in [0.05, 0.1) is 0 Å². The average molecular weight is 358 g/mol. The molecule has 0 unspecified atom stereocenters. The van der Waals surface area contributed by atoms with Gasteiger partial charge < -0.3 is 10.2 Å². The average Bonchev–Trinajstić information content (AvgIpc) is 2.57. The fourth-order valence-corrected chi connectivity index (χ4v) is 2.61. The number of carbonyl (C=O) groups excluding carboxylic acids is 2. The minimum atomic E-state index is -4.84. The van der Waals surface area contributed by atoms with Crippen LogP contribution < -0.4 is 5.32 Å². The summed E-state index contributed by atoms with van der Waals surface area (Å²) >= 11 is 0. The van der Waals surface area contributed by atoms with Crippen LogP contribution in [-0.2, 0) is 9.59 Å². The molecule has 0 bridgehead atoms. The molecule has 1 saturated heterocycles. The molecule has 0 spiro atoms. The minimum absolute atomic E-state index is 0.0174. The van der Waals surface area contributed by atoms with E-state index in [1.54, 1.807) is 6.07 Å². The third-order valence-corrected chi connectivity index (χ3v) is 3.99. The van der Waals surface area contributed by atoms with Crippen molar-refractivity contribution in [2.75, 3.05) is 19.6 Å². The van der Waals surface area contributed by atoms with E-state index in [4.69, 9.17) is 0 Å². The first-order valence-electron chi connectivity index (χ1n) is 7.83. The molecule has 8 heteroatoms. The lowest BCUT2D eigenvalue weighted by Gasteiger charge is -2.32. The van der Waals surface area contributed by atoms with Crippen LogP contribution in [0.15, 0.2) is 30.3 Å². The zero-order valence-corrected chi connectivity index (χ0v) is 13.4. The van der Waals surface area contributed by atoms with Gasteiger partial charge >= 0.3 is 12.1 Å². The van der Waals surface area contributed by atoms with Crippen molar-refractivity contribution in [3.05, 3.63) is 41.7 Å². The number of likely N-dealkylation sites (tertiary alicyclic amines) is 1. The molecule has 1 aromatic carbocycles. The van der Waals surface area contributed by atoms with Gasteiger partial charge in [-0.25, -0.2) is 4.39 Å². The number of hydrogen-bond acceptors (Lipinski definition) is 2. The molecule has 1 aliphatic rings. The van der Waals surface area contributed by atoms with Crippen molar-refractivity contribution < 1.29 is 27.2 Å². The van der Waals surface area contributed by atoms with Gasteiger partial charge in [-0.15, -0.1) is 0 Å². The summed E-state index contributed by atoms with van der Waals surface area (Å²) in [7, 11) is 0. The topological polar surface area (TPSA) is 49.4 Å². The van der Waals surface area contributed by atoms with Gasteiger partial charge in [0, 0.05) is 25.7 Å².